The van der Waals surface area contributed by atoms with E-state index in [1.165, 1.54) is 0 Å². The van der Waals surface area contributed by atoms with Crippen LogP contribution in [0.1, 0.15) is 0 Å². The first kappa shape index (κ1) is 11.9. The maximum Gasteiger partial charge on any atom is 0.183 e. The van der Waals surface area contributed by atoms with Crippen molar-refractivity contribution in [2.75, 3.05) is 0 Å². The van der Waals surface area contributed by atoms with Gasteiger partial charge in [0.1, 0.15) is 0 Å². The van der Waals surface area contributed by atoms with Crippen molar-refractivity contribution in [2.45, 2.75) is 0 Å². The van der Waals surface area contributed by atoms with E-state index in [1.54, 1.807) is 6.20 Å². The lowest BCUT2D eigenvalue weighted by atomic mass is 10.3. The van der Waals surface area contributed by atoms with Crippen LogP contribution in [0.5, 0.6) is 0 Å². The van der Waals surface area contributed by atoms with Gasteiger partial charge >= 0.3 is 0 Å². The minimum atomic E-state index is 0.595. The average Bonchev–Trinajstić information content (AvgIpc) is 2.64. The summed E-state index contributed by atoms with van der Waals surface area (Å²) >= 11 is 14.7. The van der Waals surface area contributed by atoms with Gasteiger partial charge in [-0.15, -0.1) is 0 Å². The summed E-state index contributed by atoms with van der Waals surface area (Å²) in [6.45, 7) is 0. The molecule has 0 unspecified atom stereocenters. The van der Waals surface area contributed by atoms with Gasteiger partial charge in [0, 0.05) is 15.7 Å². The molecule has 3 nitrogen and oxygen atoms in total. The molecule has 0 atom stereocenters. The first-order valence-corrected chi connectivity index (χ1v) is 6.75. The van der Waals surface area contributed by atoms with Crippen molar-refractivity contribution in [1.29, 1.82) is 0 Å². The number of rotatable bonds is 1. The second-order valence-corrected chi connectivity index (χ2v) is 5.51. The van der Waals surface area contributed by atoms with E-state index in [-0.39, 0.29) is 0 Å². The highest BCUT2D eigenvalue weighted by molar-refractivity contribution is 9.10. The standard InChI is InChI=1S/C12H7BrClN3S/c13-7-4-10-11(15-6-7)17(12(18)16-10)9-3-1-2-8(14)5-9/h1-6H,(H,16,18). The van der Waals surface area contributed by atoms with Gasteiger partial charge in [-0.3, -0.25) is 4.57 Å². The fraction of sp³-hybridized carbons (Fsp3) is 0. The second kappa shape index (κ2) is 4.50. The number of hydrogen-bond donors (Lipinski definition) is 1. The van der Waals surface area contributed by atoms with E-state index in [9.17, 15) is 0 Å². The third kappa shape index (κ3) is 1.98. The predicted molar refractivity (Wildman–Crippen MR) is 79.0 cm³/mol. The highest BCUT2D eigenvalue weighted by atomic mass is 79.9. The van der Waals surface area contributed by atoms with Crippen molar-refractivity contribution < 1.29 is 0 Å². The first-order chi connectivity index (χ1) is 8.65. The van der Waals surface area contributed by atoms with E-state index in [2.05, 4.69) is 25.9 Å². The topological polar surface area (TPSA) is 33.6 Å². The molecule has 0 radical (unpaired) electrons. The van der Waals surface area contributed by atoms with Gasteiger partial charge in [-0.1, -0.05) is 17.7 Å². The van der Waals surface area contributed by atoms with E-state index in [0.29, 0.717) is 9.79 Å². The summed E-state index contributed by atoms with van der Waals surface area (Å²) in [4.78, 5) is 7.51. The van der Waals surface area contributed by atoms with E-state index >= 15 is 0 Å². The molecule has 0 aliphatic heterocycles. The number of aromatic nitrogens is 3. The average molecular weight is 341 g/mol. The molecule has 0 spiro atoms. The summed E-state index contributed by atoms with van der Waals surface area (Å²) in [5.41, 5.74) is 2.56. The van der Waals surface area contributed by atoms with Crippen molar-refractivity contribution in [3.8, 4) is 5.69 Å². The Morgan fingerprint density at radius 2 is 2.17 bits per heavy atom. The molecule has 0 aliphatic carbocycles. The molecule has 1 aromatic carbocycles. The zero-order valence-corrected chi connectivity index (χ0v) is 12.2. The second-order valence-electron chi connectivity index (χ2n) is 3.77. The highest BCUT2D eigenvalue weighted by Gasteiger charge is 2.08. The number of halogens is 2. The Kier molecular flexibility index (Phi) is 2.97. The number of benzene rings is 1. The first-order valence-electron chi connectivity index (χ1n) is 5.17. The maximum atomic E-state index is 6.01. The number of H-pyrrole nitrogens is 1. The predicted octanol–water partition coefficient (Wildman–Crippen LogP) is 4.50. The van der Waals surface area contributed by atoms with Gasteiger partial charge in [0.25, 0.3) is 0 Å². The van der Waals surface area contributed by atoms with Gasteiger partial charge in [-0.25, -0.2) is 4.98 Å². The molecule has 2 aromatic heterocycles. The van der Waals surface area contributed by atoms with Crippen LogP contribution >= 0.6 is 39.7 Å². The Balaban J connectivity index is 2.35. The maximum absolute atomic E-state index is 6.01. The van der Waals surface area contributed by atoms with Crippen molar-refractivity contribution in [3.63, 3.8) is 0 Å². The van der Waals surface area contributed by atoms with Gasteiger partial charge in [0.15, 0.2) is 10.4 Å². The van der Waals surface area contributed by atoms with Gasteiger partial charge in [-0.2, -0.15) is 0 Å². The quantitative estimate of drug-likeness (QED) is 0.662. The molecule has 1 N–H and O–H groups in total. The molecule has 0 bridgehead atoms. The molecule has 6 heteroatoms. The highest BCUT2D eigenvalue weighted by Crippen LogP contribution is 2.22. The lowest BCUT2D eigenvalue weighted by Gasteiger charge is -2.03. The van der Waals surface area contributed by atoms with E-state index in [4.69, 9.17) is 23.8 Å². The van der Waals surface area contributed by atoms with Gasteiger partial charge in [-0.05, 0) is 52.4 Å². The number of pyridine rings is 1. The Bertz CT molecular complexity index is 793. The summed E-state index contributed by atoms with van der Waals surface area (Å²) in [6.07, 6.45) is 1.74. The summed E-state index contributed by atoms with van der Waals surface area (Å²) < 4.78 is 3.37. The smallest absolute Gasteiger partial charge is 0.183 e. The Hall–Kier alpha value is -1.17. The van der Waals surface area contributed by atoms with Crippen LogP contribution in [0.4, 0.5) is 0 Å². The van der Waals surface area contributed by atoms with Crippen molar-refractivity contribution >= 4 is 50.9 Å². The minimum Gasteiger partial charge on any atom is -0.329 e. The molecule has 90 valence electrons. The largest absolute Gasteiger partial charge is 0.329 e. The number of fused-ring (bicyclic) bond motifs is 1. The van der Waals surface area contributed by atoms with Crippen LogP contribution in [0.25, 0.3) is 16.9 Å². The normalized spacial score (nSPS) is 11.0. The van der Waals surface area contributed by atoms with Gasteiger partial charge in [0.2, 0.25) is 0 Å². The Labute approximate surface area is 122 Å². The van der Waals surface area contributed by atoms with Crippen LogP contribution in [0.3, 0.4) is 0 Å². The molecule has 0 saturated heterocycles. The molecular weight excluding hydrogens is 334 g/mol. The van der Waals surface area contributed by atoms with Crippen LogP contribution in [0.15, 0.2) is 41.0 Å². The molecular formula is C12H7BrClN3S. The van der Waals surface area contributed by atoms with Crippen LogP contribution in [-0.2, 0) is 0 Å². The number of aromatic amines is 1. The van der Waals surface area contributed by atoms with Crippen LogP contribution in [0.2, 0.25) is 5.02 Å². The number of hydrogen-bond acceptors (Lipinski definition) is 2. The number of nitrogens with one attached hydrogen (secondary N) is 1. The molecule has 3 aromatic rings. The van der Waals surface area contributed by atoms with Crippen molar-refractivity contribution in [3.05, 3.63) is 50.8 Å². The summed E-state index contributed by atoms with van der Waals surface area (Å²) in [5.74, 6) is 0. The van der Waals surface area contributed by atoms with E-state index in [0.717, 1.165) is 21.3 Å². The van der Waals surface area contributed by atoms with Gasteiger partial charge < -0.3 is 4.98 Å². The van der Waals surface area contributed by atoms with Crippen molar-refractivity contribution in [2.24, 2.45) is 0 Å². The lowest BCUT2D eigenvalue weighted by molar-refractivity contribution is 1.04. The van der Waals surface area contributed by atoms with Gasteiger partial charge in [0.05, 0.1) is 11.2 Å². The SMILES string of the molecule is S=c1[nH]c2cc(Br)cnc2n1-c1cccc(Cl)c1. The summed E-state index contributed by atoms with van der Waals surface area (Å²) in [6, 6.07) is 9.46. The molecule has 2 heterocycles. The van der Waals surface area contributed by atoms with E-state index in [1.807, 2.05) is 34.9 Å². The van der Waals surface area contributed by atoms with Crippen LogP contribution < -0.4 is 0 Å². The molecule has 0 aliphatic rings. The fourth-order valence-electron chi connectivity index (χ4n) is 1.82. The zero-order chi connectivity index (χ0) is 12.7. The van der Waals surface area contributed by atoms with Crippen LogP contribution in [0, 0.1) is 4.77 Å². The Morgan fingerprint density at radius 3 is 2.94 bits per heavy atom. The summed E-state index contributed by atoms with van der Waals surface area (Å²) in [7, 11) is 0. The third-order valence-electron chi connectivity index (χ3n) is 2.56. The molecule has 0 saturated carbocycles. The minimum absolute atomic E-state index is 0.595. The molecule has 18 heavy (non-hydrogen) atoms. The van der Waals surface area contributed by atoms with Crippen LogP contribution in [-0.4, -0.2) is 14.5 Å². The molecule has 0 fully saturated rings. The number of imidazole rings is 1. The lowest BCUT2D eigenvalue weighted by Crippen LogP contribution is -1.95. The monoisotopic (exact) mass is 339 g/mol. The number of nitrogens with zero attached hydrogens (tertiary/aromatic N) is 2. The Morgan fingerprint density at radius 1 is 1.33 bits per heavy atom. The zero-order valence-electron chi connectivity index (χ0n) is 9.02. The van der Waals surface area contributed by atoms with Crippen molar-refractivity contribution in [1.82, 2.24) is 14.5 Å². The summed E-state index contributed by atoms with van der Waals surface area (Å²) in [5, 5.41) is 0.667. The van der Waals surface area contributed by atoms with E-state index < -0.39 is 0 Å². The molecule has 3 rings (SSSR count). The molecule has 0 amide bonds. The third-order valence-corrected chi connectivity index (χ3v) is 3.51. The fourth-order valence-corrected chi connectivity index (χ4v) is 2.64.